The van der Waals surface area contributed by atoms with Crippen molar-refractivity contribution in [2.24, 2.45) is 0 Å². The van der Waals surface area contributed by atoms with Crippen molar-refractivity contribution in [2.45, 2.75) is 0 Å². The zero-order valence-corrected chi connectivity index (χ0v) is 24.2. The Labute approximate surface area is 256 Å². The maximum Gasteiger partial charge on any atom is 0.139 e. The van der Waals surface area contributed by atoms with Crippen molar-refractivity contribution in [3.05, 3.63) is 146 Å². The fourth-order valence-electron chi connectivity index (χ4n) is 7.92. The summed E-state index contributed by atoms with van der Waals surface area (Å²) in [6.45, 7) is 0. The third-order valence-corrected chi connectivity index (χ3v) is 9.84. The number of hydrogen-bond acceptors (Lipinski definition) is 1. The topological polar surface area (TPSA) is 22.0 Å². The molecule has 11 aromatic rings. The fourth-order valence-corrected chi connectivity index (χ4v) is 7.92. The lowest BCUT2D eigenvalue weighted by Crippen LogP contribution is -1.89. The number of nitrogens with zero attached hydrogens (tertiary/aromatic N) is 2. The van der Waals surface area contributed by atoms with Crippen LogP contribution in [0.1, 0.15) is 0 Å². The summed E-state index contributed by atoms with van der Waals surface area (Å²) < 4.78 is 11.5. The maximum absolute atomic E-state index is 6.66. The van der Waals surface area contributed by atoms with E-state index in [1.54, 1.807) is 0 Å². The number of fused-ring (bicyclic) bond motifs is 19. The molecule has 0 saturated heterocycles. The molecule has 0 spiro atoms. The first kappa shape index (κ1) is 23.4. The predicted octanol–water partition coefficient (Wildman–Crippen LogP) is 11.6. The molecule has 6 bridgehead atoms. The van der Waals surface area contributed by atoms with Crippen molar-refractivity contribution < 1.29 is 4.42 Å². The van der Waals surface area contributed by atoms with E-state index in [0.717, 1.165) is 33.0 Å². The van der Waals surface area contributed by atoms with Crippen molar-refractivity contribution in [1.29, 1.82) is 0 Å². The first-order chi connectivity index (χ1) is 22.3. The molecule has 3 heteroatoms. The Balaban J connectivity index is 1.58. The number of hydrogen-bond donors (Lipinski definition) is 0. The third-order valence-electron chi connectivity index (χ3n) is 9.84. The zero-order chi connectivity index (χ0) is 29.2. The van der Waals surface area contributed by atoms with E-state index in [4.69, 9.17) is 4.42 Å². The van der Waals surface area contributed by atoms with Crippen LogP contribution < -0.4 is 0 Å². The second-order valence-corrected chi connectivity index (χ2v) is 12.2. The zero-order valence-electron chi connectivity index (χ0n) is 24.2. The van der Waals surface area contributed by atoms with Crippen molar-refractivity contribution in [3.8, 4) is 0 Å². The van der Waals surface area contributed by atoms with Crippen LogP contribution in [0.4, 0.5) is 0 Å². The van der Waals surface area contributed by atoms with Gasteiger partial charge in [0.05, 0.1) is 38.5 Å². The monoisotopic (exact) mass is 572 g/mol. The summed E-state index contributed by atoms with van der Waals surface area (Å²) in [5.41, 5.74) is 8.69. The molecule has 0 radical (unpaired) electrons. The van der Waals surface area contributed by atoms with Crippen molar-refractivity contribution in [2.75, 3.05) is 0 Å². The molecule has 45 heavy (non-hydrogen) atoms. The number of rotatable bonds is 0. The highest BCUT2D eigenvalue weighted by atomic mass is 16.3. The molecule has 0 atom stereocenters. The van der Waals surface area contributed by atoms with Crippen LogP contribution >= 0.6 is 0 Å². The number of para-hydroxylation sites is 3. The Morgan fingerprint density at radius 1 is 0.333 bits per heavy atom. The molecule has 0 aliphatic rings. The van der Waals surface area contributed by atoms with Gasteiger partial charge in [0.25, 0.3) is 0 Å². The summed E-state index contributed by atoms with van der Waals surface area (Å²) in [4.78, 5) is 0. The molecule has 4 heterocycles. The quantitative estimate of drug-likeness (QED) is 0.177. The van der Waals surface area contributed by atoms with E-state index in [0.29, 0.717) is 0 Å². The van der Waals surface area contributed by atoms with Gasteiger partial charge in [-0.05, 0) is 57.9 Å². The maximum atomic E-state index is 6.66. The standard InChI is InChI=1S/C42H24N2O/c1-2-10-29-26-18-20-33-31-12-4-7-15-36(31)44(38(33)22-26)39-23-27(24-41-42(39)34-13-5-8-16-40(34)45-41)43-35-14-6-3-11-30(35)32-19-17-25(21-37(32)43)28(29)9-1/h1-24H. The molecular formula is C42H24N2O. The molecule has 0 fully saturated rings. The van der Waals surface area contributed by atoms with Gasteiger partial charge >= 0.3 is 0 Å². The van der Waals surface area contributed by atoms with Crippen LogP contribution in [-0.2, 0) is 0 Å². The molecule has 3 nitrogen and oxygen atoms in total. The molecule has 0 amide bonds. The minimum atomic E-state index is 0.881. The lowest BCUT2D eigenvalue weighted by Gasteiger charge is -2.05. The van der Waals surface area contributed by atoms with Crippen LogP contribution in [0.25, 0.3) is 98.1 Å². The van der Waals surface area contributed by atoms with E-state index >= 15 is 0 Å². The van der Waals surface area contributed by atoms with Crippen LogP contribution in [0, 0.1) is 0 Å². The summed E-state index contributed by atoms with van der Waals surface area (Å²) in [6.07, 6.45) is 0. The highest BCUT2D eigenvalue weighted by Gasteiger charge is 2.17. The van der Waals surface area contributed by atoms with Crippen LogP contribution in [0.2, 0.25) is 0 Å². The average Bonchev–Trinajstić information content (AvgIpc) is 3.74. The van der Waals surface area contributed by atoms with E-state index in [1.807, 2.05) is 0 Å². The minimum absolute atomic E-state index is 0.881. The Kier molecular flexibility index (Phi) is 4.32. The SMILES string of the molecule is c1ccc2c(c1)oc1cc3cc(c12)n1c2ccccc2c2ccc(cc21)c1ccccc1c1ccc2c4ccccc4n3c2c1. The predicted molar refractivity (Wildman–Crippen MR) is 189 cm³/mol. The van der Waals surface area contributed by atoms with Gasteiger partial charge < -0.3 is 13.2 Å². The normalized spacial score (nSPS) is 12.4. The van der Waals surface area contributed by atoms with Gasteiger partial charge in [-0.25, -0.2) is 0 Å². The molecule has 0 aliphatic heterocycles. The lowest BCUT2D eigenvalue weighted by molar-refractivity contribution is 0.669. The molecule has 0 saturated carbocycles. The lowest BCUT2D eigenvalue weighted by atomic mass is 10.0. The molecule has 0 unspecified atom stereocenters. The first-order valence-corrected chi connectivity index (χ1v) is 15.4. The summed E-state index contributed by atoms with van der Waals surface area (Å²) in [5.74, 6) is 0. The highest BCUT2D eigenvalue weighted by Crippen LogP contribution is 2.39. The van der Waals surface area contributed by atoms with Gasteiger partial charge in [0.1, 0.15) is 11.2 Å². The van der Waals surface area contributed by atoms with Gasteiger partial charge in [0.15, 0.2) is 0 Å². The van der Waals surface area contributed by atoms with Gasteiger partial charge in [-0.1, -0.05) is 103 Å². The second-order valence-electron chi connectivity index (χ2n) is 12.2. The number of furan rings is 1. The molecule has 0 aliphatic carbocycles. The summed E-state index contributed by atoms with van der Waals surface area (Å²) >= 11 is 0. The van der Waals surface area contributed by atoms with Gasteiger partial charge in [-0.15, -0.1) is 0 Å². The summed E-state index contributed by atoms with van der Waals surface area (Å²) in [6, 6.07) is 53.2. The van der Waals surface area contributed by atoms with Crippen LogP contribution in [0.5, 0.6) is 0 Å². The Morgan fingerprint density at radius 3 is 1.51 bits per heavy atom. The van der Waals surface area contributed by atoms with Crippen LogP contribution in [0.15, 0.2) is 150 Å². The molecule has 11 rings (SSSR count). The molecule has 0 N–H and O–H groups in total. The Hall–Kier alpha value is -6.06. The number of aromatic nitrogens is 2. The fraction of sp³-hybridized carbons (Fsp3) is 0. The van der Waals surface area contributed by atoms with Crippen molar-refractivity contribution >= 4 is 98.1 Å². The summed E-state index contributed by atoms with van der Waals surface area (Å²) in [7, 11) is 0. The molecular weight excluding hydrogens is 548 g/mol. The van der Waals surface area contributed by atoms with Gasteiger partial charge in [0.2, 0.25) is 0 Å². The highest BCUT2D eigenvalue weighted by molar-refractivity contribution is 6.20. The first-order valence-electron chi connectivity index (χ1n) is 15.4. The van der Waals surface area contributed by atoms with Gasteiger partial charge in [0, 0.05) is 33.0 Å². The largest absolute Gasteiger partial charge is 0.456 e. The summed E-state index contributed by atoms with van der Waals surface area (Å²) in [5, 5.41) is 12.1. The van der Waals surface area contributed by atoms with E-state index in [-0.39, 0.29) is 0 Å². The third kappa shape index (κ3) is 2.99. The minimum Gasteiger partial charge on any atom is -0.456 e. The van der Waals surface area contributed by atoms with E-state index in [2.05, 4.69) is 154 Å². The van der Waals surface area contributed by atoms with Crippen LogP contribution in [0.3, 0.4) is 0 Å². The van der Waals surface area contributed by atoms with E-state index in [1.165, 1.54) is 65.2 Å². The van der Waals surface area contributed by atoms with Crippen molar-refractivity contribution in [3.63, 3.8) is 0 Å². The van der Waals surface area contributed by atoms with Crippen LogP contribution in [-0.4, -0.2) is 8.80 Å². The van der Waals surface area contributed by atoms with Gasteiger partial charge in [-0.3, -0.25) is 0 Å². The van der Waals surface area contributed by atoms with E-state index < -0.39 is 0 Å². The van der Waals surface area contributed by atoms with Crippen molar-refractivity contribution in [1.82, 2.24) is 8.80 Å². The second kappa shape index (κ2) is 8.31. The smallest absolute Gasteiger partial charge is 0.139 e. The number of benzene rings is 7. The molecule has 4 aromatic heterocycles. The molecule has 7 aromatic carbocycles. The van der Waals surface area contributed by atoms with E-state index in [9.17, 15) is 0 Å². The van der Waals surface area contributed by atoms with Gasteiger partial charge in [-0.2, -0.15) is 0 Å². The average molecular weight is 573 g/mol. The molecule has 208 valence electrons. The Bertz CT molecular complexity index is 3100. The Morgan fingerprint density at radius 2 is 0.844 bits per heavy atom.